The van der Waals surface area contributed by atoms with E-state index in [-0.39, 0.29) is 18.2 Å². The van der Waals surface area contributed by atoms with E-state index in [9.17, 15) is 4.79 Å². The highest BCUT2D eigenvalue weighted by molar-refractivity contribution is 6.31. The van der Waals surface area contributed by atoms with E-state index in [1.807, 2.05) is 42.5 Å². The van der Waals surface area contributed by atoms with Gasteiger partial charge in [0.2, 0.25) is 5.76 Å². The summed E-state index contributed by atoms with van der Waals surface area (Å²) >= 11 is 5.98. The number of ether oxygens (including phenoxy) is 2. The molecule has 0 fully saturated rings. The molecule has 0 saturated carbocycles. The van der Waals surface area contributed by atoms with Crippen molar-refractivity contribution >= 4 is 34.2 Å². The Bertz CT molecular complexity index is 1290. The molecule has 0 spiro atoms. The van der Waals surface area contributed by atoms with E-state index in [1.165, 1.54) is 13.2 Å². The second kappa shape index (κ2) is 9.45. The zero-order chi connectivity index (χ0) is 22.5. The van der Waals surface area contributed by atoms with Crippen molar-refractivity contribution in [3.63, 3.8) is 0 Å². The molecule has 0 unspecified atom stereocenters. The van der Waals surface area contributed by atoms with Gasteiger partial charge in [-0.25, -0.2) is 4.79 Å². The molecule has 2 N–H and O–H groups in total. The Morgan fingerprint density at radius 1 is 1.03 bits per heavy atom. The summed E-state index contributed by atoms with van der Waals surface area (Å²) in [4.78, 5) is 17.2. The Balaban J connectivity index is 1.41. The fourth-order valence-corrected chi connectivity index (χ4v) is 3.27. The third kappa shape index (κ3) is 4.68. The van der Waals surface area contributed by atoms with E-state index >= 15 is 0 Å². The minimum atomic E-state index is -0.801. The third-order valence-electron chi connectivity index (χ3n) is 4.65. The molecular formula is C24H19ClN2O5. The summed E-state index contributed by atoms with van der Waals surface area (Å²) in [6.07, 6.45) is 0. The number of carbonyl (C=O) groups is 1. The number of nitrogens with zero attached hydrogens (tertiary/aromatic N) is 1. The fourth-order valence-electron chi connectivity index (χ4n) is 3.10. The van der Waals surface area contributed by atoms with Crippen molar-refractivity contribution in [1.29, 1.82) is 0 Å². The molecule has 0 atom stereocenters. The fraction of sp³-hybridized carbons (Fsp3) is 0.0833. The molecule has 3 aromatic carbocycles. The summed E-state index contributed by atoms with van der Waals surface area (Å²) in [7, 11) is 1.48. The molecule has 0 radical (unpaired) electrons. The van der Waals surface area contributed by atoms with Crippen LogP contribution < -0.4 is 15.2 Å². The molecule has 0 aliphatic carbocycles. The van der Waals surface area contributed by atoms with Crippen molar-refractivity contribution in [3.8, 4) is 11.5 Å². The molecule has 1 heterocycles. The van der Waals surface area contributed by atoms with E-state index in [1.54, 1.807) is 24.3 Å². The first-order valence-electron chi connectivity index (χ1n) is 9.63. The zero-order valence-electron chi connectivity index (χ0n) is 17.1. The molecule has 32 heavy (non-hydrogen) atoms. The van der Waals surface area contributed by atoms with Crippen molar-refractivity contribution in [2.45, 2.75) is 6.61 Å². The summed E-state index contributed by atoms with van der Waals surface area (Å²) in [6, 6.07) is 21.7. The predicted octanol–water partition coefficient (Wildman–Crippen LogP) is 5.15. The van der Waals surface area contributed by atoms with Gasteiger partial charge in [0.15, 0.2) is 5.84 Å². The normalized spacial score (nSPS) is 11.4. The first kappa shape index (κ1) is 21.3. The van der Waals surface area contributed by atoms with E-state index in [2.05, 4.69) is 5.16 Å². The van der Waals surface area contributed by atoms with Gasteiger partial charge in [-0.3, -0.25) is 0 Å². The Hall–Kier alpha value is -3.97. The molecule has 7 nitrogen and oxygen atoms in total. The van der Waals surface area contributed by atoms with E-state index in [4.69, 9.17) is 36.1 Å². The first-order valence-corrected chi connectivity index (χ1v) is 10.0. The highest BCUT2D eigenvalue weighted by atomic mass is 35.5. The minimum Gasteiger partial charge on any atom is -0.496 e. The number of oxime groups is 1. The third-order valence-corrected chi connectivity index (χ3v) is 4.88. The number of amidine groups is 1. The second-order valence-electron chi connectivity index (χ2n) is 6.73. The molecular weight excluding hydrogens is 432 g/mol. The van der Waals surface area contributed by atoms with Crippen LogP contribution in [0.15, 0.2) is 82.4 Å². The Kier molecular flexibility index (Phi) is 6.28. The topological polar surface area (TPSA) is 96.3 Å². The van der Waals surface area contributed by atoms with Crippen LogP contribution in [0.25, 0.3) is 10.8 Å². The molecule has 162 valence electrons. The summed E-state index contributed by atoms with van der Waals surface area (Å²) in [6.45, 7) is 0.145. The van der Waals surface area contributed by atoms with Crippen LogP contribution in [0.4, 0.5) is 0 Å². The Morgan fingerprint density at radius 2 is 1.84 bits per heavy atom. The van der Waals surface area contributed by atoms with Crippen LogP contribution >= 0.6 is 11.6 Å². The van der Waals surface area contributed by atoms with E-state index in [0.29, 0.717) is 22.1 Å². The minimum absolute atomic E-state index is 0.0314. The Labute approximate surface area is 188 Å². The molecule has 0 aliphatic heterocycles. The van der Waals surface area contributed by atoms with Gasteiger partial charge < -0.3 is 24.5 Å². The average Bonchev–Trinajstić information content (AvgIpc) is 3.30. The lowest BCUT2D eigenvalue weighted by molar-refractivity contribution is 0.0475. The monoisotopic (exact) mass is 450 g/mol. The van der Waals surface area contributed by atoms with Gasteiger partial charge in [-0.1, -0.05) is 53.2 Å². The molecule has 8 heteroatoms. The lowest BCUT2D eigenvalue weighted by Gasteiger charge is -2.08. The zero-order valence-corrected chi connectivity index (χ0v) is 17.8. The lowest BCUT2D eigenvalue weighted by Crippen LogP contribution is -2.16. The van der Waals surface area contributed by atoms with Gasteiger partial charge in [0, 0.05) is 10.4 Å². The molecule has 4 rings (SSSR count). The number of furan rings is 1. The van der Waals surface area contributed by atoms with Crippen molar-refractivity contribution in [1.82, 2.24) is 0 Å². The summed E-state index contributed by atoms with van der Waals surface area (Å²) in [5, 5.41) is 6.17. The predicted molar refractivity (Wildman–Crippen MR) is 121 cm³/mol. The number of halogens is 1. The number of benzene rings is 3. The number of fused-ring (bicyclic) bond motifs is 1. The van der Waals surface area contributed by atoms with Crippen LogP contribution in [0, 0.1) is 0 Å². The van der Waals surface area contributed by atoms with Crippen LogP contribution in [-0.4, -0.2) is 18.9 Å². The molecule has 0 amide bonds. The van der Waals surface area contributed by atoms with Gasteiger partial charge in [-0.2, -0.15) is 0 Å². The number of methoxy groups -OCH3 is 1. The summed E-state index contributed by atoms with van der Waals surface area (Å²) in [5.74, 6) is 0.720. The van der Waals surface area contributed by atoms with Crippen molar-refractivity contribution in [2.75, 3.05) is 7.11 Å². The number of nitrogens with two attached hydrogens (primary N) is 1. The highest BCUT2D eigenvalue weighted by Crippen LogP contribution is 2.26. The number of carbonyl (C=O) groups excluding carboxylic acids is 1. The molecule has 4 aromatic rings. The second-order valence-corrected chi connectivity index (χ2v) is 7.17. The maximum absolute atomic E-state index is 12.3. The smallest absolute Gasteiger partial charge is 0.400 e. The van der Waals surface area contributed by atoms with Gasteiger partial charge in [0.1, 0.15) is 23.9 Å². The van der Waals surface area contributed by atoms with E-state index < -0.39 is 5.97 Å². The van der Waals surface area contributed by atoms with Gasteiger partial charge in [0.25, 0.3) is 0 Å². The lowest BCUT2D eigenvalue weighted by atomic mass is 10.1. The van der Waals surface area contributed by atoms with Crippen molar-refractivity contribution < 1.29 is 23.5 Å². The Morgan fingerprint density at radius 3 is 2.69 bits per heavy atom. The van der Waals surface area contributed by atoms with E-state index in [0.717, 1.165) is 16.5 Å². The van der Waals surface area contributed by atoms with Gasteiger partial charge in [-0.15, -0.1) is 0 Å². The van der Waals surface area contributed by atoms with Crippen molar-refractivity contribution in [3.05, 3.63) is 94.9 Å². The average molecular weight is 451 g/mol. The SMILES string of the molecule is COc1ccc(Cl)cc1/C(N)=N/OC(=O)c1ccc(COc2cccc3ccccc23)o1. The molecule has 0 bridgehead atoms. The summed E-state index contributed by atoms with van der Waals surface area (Å²) in [5.41, 5.74) is 6.31. The van der Waals surface area contributed by atoms with Crippen LogP contribution in [0.5, 0.6) is 11.5 Å². The maximum atomic E-state index is 12.3. The number of hydrogen-bond donors (Lipinski definition) is 1. The number of rotatable bonds is 7. The summed E-state index contributed by atoms with van der Waals surface area (Å²) < 4.78 is 16.6. The highest BCUT2D eigenvalue weighted by Gasteiger charge is 2.15. The van der Waals surface area contributed by atoms with Crippen LogP contribution in [-0.2, 0) is 11.4 Å². The quantitative estimate of drug-likeness (QED) is 0.181. The molecule has 1 aromatic heterocycles. The molecule has 0 aliphatic rings. The van der Waals surface area contributed by atoms with Gasteiger partial charge >= 0.3 is 5.97 Å². The van der Waals surface area contributed by atoms with Crippen molar-refractivity contribution in [2.24, 2.45) is 10.9 Å². The van der Waals surface area contributed by atoms with Crippen LogP contribution in [0.2, 0.25) is 5.02 Å². The van der Waals surface area contributed by atoms with Crippen LogP contribution in [0.1, 0.15) is 21.9 Å². The van der Waals surface area contributed by atoms with Gasteiger partial charge in [0.05, 0.1) is 12.7 Å². The largest absolute Gasteiger partial charge is 0.496 e. The number of hydrogen-bond acceptors (Lipinski definition) is 6. The first-order chi connectivity index (χ1) is 15.5. The van der Waals surface area contributed by atoms with Gasteiger partial charge in [-0.05, 0) is 41.8 Å². The van der Waals surface area contributed by atoms with Crippen LogP contribution in [0.3, 0.4) is 0 Å². The maximum Gasteiger partial charge on any atom is 0.400 e. The standard InChI is InChI=1S/C24H19ClN2O5/c1-29-20-11-9-16(25)13-19(20)23(26)27-32-24(28)22-12-10-17(31-22)14-30-21-8-4-6-15-5-2-3-7-18(15)21/h2-13H,14H2,1H3,(H2,26,27). The molecule has 0 saturated heterocycles.